The van der Waals surface area contributed by atoms with Crippen molar-refractivity contribution in [3.8, 4) is 0 Å². The monoisotopic (exact) mass is 401 g/mol. The molecule has 0 radical (unpaired) electrons. The van der Waals surface area contributed by atoms with Crippen LogP contribution in [0.2, 0.25) is 0 Å². The standard InChI is InChI=1S/C21H23NO5S/c1-21(2)26-17-14-22(23)19(20(17)27-21)18(13-15-9-5-3-6-10-15)28(24,25)16-11-7-4-8-12-16/h3-12,17-18,20H,13-14H2,1-2H3/t17-,18-,20-/m1/s1. The Kier molecular flexibility index (Phi) is 4.77. The molecular weight excluding hydrogens is 378 g/mol. The van der Waals surface area contributed by atoms with Crippen molar-refractivity contribution < 1.29 is 22.6 Å². The van der Waals surface area contributed by atoms with E-state index in [1.807, 2.05) is 30.3 Å². The van der Waals surface area contributed by atoms with Gasteiger partial charge in [0.05, 0.1) is 4.90 Å². The molecule has 0 aromatic heterocycles. The molecular formula is C21H23NO5S. The second kappa shape index (κ2) is 6.99. The van der Waals surface area contributed by atoms with Crippen molar-refractivity contribution in [3.63, 3.8) is 0 Å². The Labute approximate surface area is 164 Å². The summed E-state index contributed by atoms with van der Waals surface area (Å²) in [6.45, 7) is 3.62. The molecule has 0 spiro atoms. The lowest BCUT2D eigenvalue weighted by Crippen LogP contribution is -2.43. The number of hydroxylamine groups is 1. The van der Waals surface area contributed by atoms with Gasteiger partial charge in [-0.1, -0.05) is 48.5 Å². The Morgan fingerprint density at radius 3 is 2.32 bits per heavy atom. The molecule has 0 saturated carbocycles. The van der Waals surface area contributed by atoms with Gasteiger partial charge < -0.3 is 14.7 Å². The van der Waals surface area contributed by atoms with Crippen molar-refractivity contribution in [3.05, 3.63) is 71.4 Å². The summed E-state index contributed by atoms with van der Waals surface area (Å²) in [5, 5.41) is 11.7. The van der Waals surface area contributed by atoms with Crippen LogP contribution in [0.3, 0.4) is 0 Å². The first-order valence-corrected chi connectivity index (χ1v) is 10.8. The lowest BCUT2D eigenvalue weighted by Gasteiger charge is -2.22. The van der Waals surface area contributed by atoms with Crippen LogP contribution in [0.1, 0.15) is 19.4 Å². The fraction of sp³-hybridized carbons (Fsp3) is 0.381. The summed E-state index contributed by atoms with van der Waals surface area (Å²) in [7, 11) is -3.81. The normalized spacial score (nSPS) is 24.9. The van der Waals surface area contributed by atoms with Crippen molar-refractivity contribution in [1.82, 2.24) is 0 Å². The highest BCUT2D eigenvalue weighted by molar-refractivity contribution is 7.92. The molecule has 0 aliphatic carbocycles. The highest BCUT2D eigenvalue weighted by Crippen LogP contribution is 2.35. The molecule has 4 rings (SSSR count). The summed E-state index contributed by atoms with van der Waals surface area (Å²) >= 11 is 0. The molecule has 2 aliphatic heterocycles. The van der Waals surface area contributed by atoms with Crippen molar-refractivity contribution >= 4 is 15.5 Å². The average molecular weight is 401 g/mol. The van der Waals surface area contributed by atoms with Crippen LogP contribution in [-0.2, 0) is 25.7 Å². The molecule has 148 valence electrons. The largest absolute Gasteiger partial charge is 0.624 e. The van der Waals surface area contributed by atoms with E-state index in [0.29, 0.717) is 0 Å². The van der Waals surface area contributed by atoms with Crippen molar-refractivity contribution in [1.29, 1.82) is 0 Å². The van der Waals surface area contributed by atoms with Crippen LogP contribution in [0.5, 0.6) is 0 Å². The van der Waals surface area contributed by atoms with Gasteiger partial charge in [-0.15, -0.1) is 0 Å². The van der Waals surface area contributed by atoms with Crippen LogP contribution in [-0.4, -0.2) is 48.7 Å². The van der Waals surface area contributed by atoms with Crippen LogP contribution in [0.15, 0.2) is 65.6 Å². The zero-order valence-corrected chi connectivity index (χ0v) is 16.6. The van der Waals surface area contributed by atoms with E-state index in [9.17, 15) is 13.6 Å². The first-order valence-electron chi connectivity index (χ1n) is 9.28. The highest BCUT2D eigenvalue weighted by Gasteiger charge is 2.56. The first-order chi connectivity index (χ1) is 13.3. The number of rotatable bonds is 5. The number of hydrogen-bond donors (Lipinski definition) is 0. The zero-order chi connectivity index (χ0) is 19.9. The van der Waals surface area contributed by atoms with Gasteiger partial charge in [0.2, 0.25) is 5.71 Å². The van der Waals surface area contributed by atoms with Gasteiger partial charge in [0, 0.05) is 0 Å². The van der Waals surface area contributed by atoms with Crippen molar-refractivity contribution in [2.75, 3.05) is 6.54 Å². The molecule has 2 aromatic carbocycles. The predicted octanol–water partition coefficient (Wildman–Crippen LogP) is 2.56. The molecule has 2 heterocycles. The van der Waals surface area contributed by atoms with Gasteiger partial charge >= 0.3 is 0 Å². The maximum absolute atomic E-state index is 13.5. The minimum atomic E-state index is -3.81. The third kappa shape index (κ3) is 3.45. The Bertz CT molecular complexity index is 986. The van der Waals surface area contributed by atoms with E-state index in [4.69, 9.17) is 9.47 Å². The lowest BCUT2D eigenvalue weighted by atomic mass is 10.0. The SMILES string of the molecule is CC1(C)O[C@@H]2C[N+]([O-])=C([C@@H](Cc3ccccc3)S(=O)(=O)c3ccccc3)[C@@H]2O1. The van der Waals surface area contributed by atoms with Gasteiger partial charge in [-0.25, -0.2) is 13.2 Å². The molecule has 0 amide bonds. The minimum absolute atomic E-state index is 0.0685. The average Bonchev–Trinajstić information content (AvgIpc) is 3.11. The quantitative estimate of drug-likeness (QED) is 0.568. The van der Waals surface area contributed by atoms with Crippen LogP contribution in [0, 0.1) is 5.21 Å². The van der Waals surface area contributed by atoms with Crippen LogP contribution >= 0.6 is 0 Å². The molecule has 0 N–H and O–H groups in total. The van der Waals surface area contributed by atoms with E-state index in [0.717, 1.165) is 10.3 Å². The summed E-state index contributed by atoms with van der Waals surface area (Å²) in [6.07, 6.45) is -0.939. The smallest absolute Gasteiger partial charge is 0.214 e. The number of hydrogen-bond acceptors (Lipinski definition) is 5. The molecule has 0 bridgehead atoms. The predicted molar refractivity (Wildman–Crippen MR) is 105 cm³/mol. The third-order valence-electron chi connectivity index (χ3n) is 5.15. The van der Waals surface area contributed by atoms with Crippen molar-refractivity contribution in [2.45, 2.75) is 48.4 Å². The summed E-state index contributed by atoms with van der Waals surface area (Å²) in [4.78, 5) is 0.193. The van der Waals surface area contributed by atoms with Gasteiger partial charge in [0.15, 0.2) is 39.6 Å². The molecule has 3 atom stereocenters. The second-order valence-electron chi connectivity index (χ2n) is 7.62. The lowest BCUT2D eigenvalue weighted by molar-refractivity contribution is -0.461. The molecule has 2 aromatic rings. The number of sulfone groups is 1. The Hall–Kier alpha value is -2.22. The van der Waals surface area contributed by atoms with E-state index >= 15 is 0 Å². The van der Waals surface area contributed by atoms with Gasteiger partial charge in [0.1, 0.15) is 0 Å². The summed E-state index contributed by atoms with van der Waals surface area (Å²) in [6, 6.07) is 17.6. The number of nitrogens with zero attached hydrogens (tertiary/aromatic N) is 1. The maximum atomic E-state index is 13.5. The molecule has 6 nitrogen and oxygen atoms in total. The first kappa shape index (κ1) is 19.1. The Balaban J connectivity index is 1.79. The van der Waals surface area contributed by atoms with Gasteiger partial charge in [-0.3, -0.25) is 0 Å². The van der Waals surface area contributed by atoms with Gasteiger partial charge in [-0.05, 0) is 38.0 Å². The minimum Gasteiger partial charge on any atom is -0.624 e. The van der Waals surface area contributed by atoms with Crippen LogP contribution < -0.4 is 0 Å². The van der Waals surface area contributed by atoms with E-state index in [2.05, 4.69) is 0 Å². The fourth-order valence-corrected chi connectivity index (χ4v) is 5.80. The van der Waals surface area contributed by atoms with E-state index in [-0.39, 0.29) is 23.6 Å². The van der Waals surface area contributed by atoms with E-state index in [1.54, 1.807) is 44.2 Å². The fourth-order valence-electron chi connectivity index (χ4n) is 3.95. The molecule has 28 heavy (non-hydrogen) atoms. The van der Waals surface area contributed by atoms with Crippen molar-refractivity contribution in [2.24, 2.45) is 0 Å². The molecule has 2 aliphatic rings. The Morgan fingerprint density at radius 1 is 1.07 bits per heavy atom. The summed E-state index contributed by atoms with van der Waals surface area (Å²) < 4.78 is 39.6. The van der Waals surface area contributed by atoms with E-state index < -0.39 is 33.1 Å². The summed E-state index contributed by atoms with van der Waals surface area (Å²) in [5.41, 5.74) is 1.07. The maximum Gasteiger partial charge on any atom is 0.214 e. The third-order valence-corrected chi connectivity index (χ3v) is 7.24. The highest BCUT2D eigenvalue weighted by atomic mass is 32.2. The van der Waals surface area contributed by atoms with Crippen LogP contribution in [0.25, 0.3) is 0 Å². The van der Waals surface area contributed by atoms with Gasteiger partial charge in [-0.2, -0.15) is 0 Å². The molecule has 0 unspecified atom stereocenters. The van der Waals surface area contributed by atoms with Crippen LogP contribution in [0.4, 0.5) is 0 Å². The zero-order valence-electron chi connectivity index (χ0n) is 15.8. The van der Waals surface area contributed by atoms with E-state index in [1.165, 1.54) is 0 Å². The number of benzene rings is 2. The van der Waals surface area contributed by atoms with Gasteiger partial charge in [0.25, 0.3) is 0 Å². The summed E-state index contributed by atoms with van der Waals surface area (Å²) in [5.74, 6) is -0.852. The molecule has 1 fully saturated rings. The number of ether oxygens (including phenoxy) is 2. The topological polar surface area (TPSA) is 78.7 Å². The molecule has 7 heteroatoms. The number of fused-ring (bicyclic) bond motifs is 1. The second-order valence-corrected chi connectivity index (χ2v) is 9.75. The Morgan fingerprint density at radius 2 is 1.68 bits per heavy atom. The molecule has 1 saturated heterocycles.